The fourth-order valence-corrected chi connectivity index (χ4v) is 0.943. The first-order chi connectivity index (χ1) is 5.54. The standard InChI is InChI=1S/C6H14N2.ClH.H3NO2S/c1-6-5-7-3-4-8(6)2;;1-4(2)3/h6-7H,3-5H2,1-2H3;1H;1H2,(H,2,3)/p-1. The molecule has 0 bridgehead atoms. The summed E-state index contributed by atoms with van der Waals surface area (Å²) in [5, 5.41) is 7.35. The average molecular weight is 231 g/mol. The Labute approximate surface area is 87.9 Å². The Bertz CT molecular complexity index is 136. The second-order valence-corrected chi connectivity index (χ2v) is 3.32. The van der Waals surface area contributed by atoms with Crippen molar-refractivity contribution in [3.05, 3.63) is 0 Å². The van der Waals surface area contributed by atoms with Crippen molar-refractivity contribution in [2.24, 2.45) is 5.14 Å². The fraction of sp³-hybridized carbons (Fsp3) is 1.00. The second-order valence-electron chi connectivity index (χ2n) is 2.79. The molecule has 5 nitrogen and oxygen atoms in total. The summed E-state index contributed by atoms with van der Waals surface area (Å²) in [5.74, 6) is 0. The molecule has 13 heavy (non-hydrogen) atoms. The van der Waals surface area contributed by atoms with Gasteiger partial charge in [-0.2, -0.15) is 0 Å². The topological polar surface area (TPSA) is 81.4 Å². The molecule has 0 spiro atoms. The largest absolute Gasteiger partial charge is 0.760 e. The van der Waals surface area contributed by atoms with Crippen molar-refractivity contribution in [3.8, 4) is 0 Å². The summed E-state index contributed by atoms with van der Waals surface area (Å²) in [4.78, 5) is 2.37. The van der Waals surface area contributed by atoms with E-state index in [4.69, 9.17) is 8.76 Å². The first-order valence-corrected chi connectivity index (χ1v) is 4.92. The average Bonchev–Trinajstić information content (AvgIpc) is 1.94. The first kappa shape index (κ1) is 15.7. The summed E-state index contributed by atoms with van der Waals surface area (Å²) in [6, 6.07) is 0.726. The van der Waals surface area contributed by atoms with Gasteiger partial charge in [-0.3, -0.25) is 9.35 Å². The Morgan fingerprint density at radius 2 is 2.15 bits per heavy atom. The van der Waals surface area contributed by atoms with Crippen LogP contribution in [-0.2, 0) is 11.3 Å². The van der Waals surface area contributed by atoms with Crippen molar-refractivity contribution in [2.45, 2.75) is 13.0 Å². The van der Waals surface area contributed by atoms with E-state index in [9.17, 15) is 0 Å². The van der Waals surface area contributed by atoms with Gasteiger partial charge >= 0.3 is 0 Å². The van der Waals surface area contributed by atoms with Crippen LogP contribution in [0, 0.1) is 0 Å². The van der Waals surface area contributed by atoms with Crippen molar-refractivity contribution in [2.75, 3.05) is 26.7 Å². The second kappa shape index (κ2) is 8.86. The molecule has 3 N–H and O–H groups in total. The number of nitrogens with two attached hydrogens (primary N) is 1. The Hall–Kier alpha value is 0.280. The summed E-state index contributed by atoms with van der Waals surface area (Å²) in [5.41, 5.74) is 0. The van der Waals surface area contributed by atoms with E-state index in [1.165, 1.54) is 6.54 Å². The normalized spacial score (nSPS) is 25.1. The zero-order chi connectivity index (χ0) is 9.56. The van der Waals surface area contributed by atoms with Crippen molar-refractivity contribution >= 4 is 23.7 Å². The summed E-state index contributed by atoms with van der Waals surface area (Å²) in [6.45, 7) is 5.74. The Balaban J connectivity index is 0. The van der Waals surface area contributed by atoms with E-state index >= 15 is 0 Å². The van der Waals surface area contributed by atoms with Crippen molar-refractivity contribution in [1.82, 2.24) is 10.2 Å². The van der Waals surface area contributed by atoms with Crippen LogP contribution in [0.4, 0.5) is 0 Å². The van der Waals surface area contributed by atoms with Gasteiger partial charge in [-0.15, -0.1) is 12.4 Å². The van der Waals surface area contributed by atoms with Gasteiger partial charge in [0.2, 0.25) is 0 Å². The fourth-order valence-electron chi connectivity index (χ4n) is 0.943. The number of hydrogen-bond acceptors (Lipinski definition) is 4. The smallest absolute Gasteiger partial charge is 0.0189 e. The first-order valence-electron chi connectivity index (χ1n) is 3.78. The maximum absolute atomic E-state index is 8.78. The van der Waals surface area contributed by atoms with Crippen molar-refractivity contribution in [3.63, 3.8) is 0 Å². The molecule has 1 rings (SSSR count). The molecular weight excluding hydrogens is 214 g/mol. The highest BCUT2D eigenvalue weighted by atomic mass is 35.5. The van der Waals surface area contributed by atoms with Crippen LogP contribution < -0.4 is 10.5 Å². The van der Waals surface area contributed by atoms with Gasteiger partial charge in [-0.25, -0.2) is 0 Å². The third-order valence-electron chi connectivity index (χ3n) is 1.83. The van der Waals surface area contributed by atoms with Crippen LogP contribution >= 0.6 is 12.4 Å². The van der Waals surface area contributed by atoms with E-state index in [1.54, 1.807) is 0 Å². The third kappa shape index (κ3) is 10.2. The minimum atomic E-state index is -2.36. The monoisotopic (exact) mass is 230 g/mol. The molecule has 1 aliphatic heterocycles. The van der Waals surface area contributed by atoms with Crippen LogP contribution in [0.15, 0.2) is 0 Å². The molecule has 1 heterocycles. The summed E-state index contributed by atoms with van der Waals surface area (Å²) in [7, 11) is 2.17. The maximum atomic E-state index is 8.78. The molecule has 0 aliphatic carbocycles. The molecule has 2 atom stereocenters. The van der Waals surface area contributed by atoms with Crippen molar-refractivity contribution < 1.29 is 8.76 Å². The number of nitrogens with zero attached hydrogens (tertiary/aromatic N) is 1. The number of piperazine rings is 1. The van der Waals surface area contributed by atoms with Gasteiger partial charge in [0, 0.05) is 36.9 Å². The van der Waals surface area contributed by atoms with Crippen LogP contribution in [0.5, 0.6) is 0 Å². The van der Waals surface area contributed by atoms with Gasteiger partial charge in [0.05, 0.1) is 0 Å². The van der Waals surface area contributed by atoms with Crippen LogP contribution in [0.1, 0.15) is 6.92 Å². The quantitative estimate of drug-likeness (QED) is 0.527. The highest BCUT2D eigenvalue weighted by Gasteiger charge is 2.11. The lowest BCUT2D eigenvalue weighted by Gasteiger charge is -2.29. The number of halogens is 1. The zero-order valence-electron chi connectivity index (χ0n) is 7.86. The van der Waals surface area contributed by atoms with E-state index in [-0.39, 0.29) is 12.4 Å². The molecule has 2 unspecified atom stereocenters. The molecule has 0 saturated carbocycles. The SMILES string of the molecule is CC1CNCCN1C.Cl.NS(=O)[O-]. The lowest BCUT2D eigenvalue weighted by atomic mass is 10.2. The van der Waals surface area contributed by atoms with Gasteiger partial charge in [0.25, 0.3) is 0 Å². The van der Waals surface area contributed by atoms with Crippen molar-refractivity contribution in [1.29, 1.82) is 0 Å². The maximum Gasteiger partial charge on any atom is 0.0189 e. The van der Waals surface area contributed by atoms with E-state index in [2.05, 4.69) is 29.3 Å². The molecule has 7 heteroatoms. The van der Waals surface area contributed by atoms with E-state index < -0.39 is 11.3 Å². The highest BCUT2D eigenvalue weighted by Crippen LogP contribution is 1.95. The molecule has 1 aliphatic rings. The number of likely N-dealkylation sites (N-methyl/N-ethyl adjacent to an activating group) is 1. The lowest BCUT2D eigenvalue weighted by Crippen LogP contribution is -2.47. The molecule has 0 aromatic heterocycles. The van der Waals surface area contributed by atoms with Gasteiger partial charge in [-0.05, 0) is 14.0 Å². The van der Waals surface area contributed by atoms with E-state index in [1.807, 2.05) is 0 Å². The molecule has 0 amide bonds. The van der Waals surface area contributed by atoms with Crippen LogP contribution in [-0.4, -0.2) is 46.4 Å². The molecule has 0 aromatic carbocycles. The number of rotatable bonds is 0. The molecule has 82 valence electrons. The minimum Gasteiger partial charge on any atom is -0.760 e. The summed E-state index contributed by atoms with van der Waals surface area (Å²) >= 11 is -2.36. The van der Waals surface area contributed by atoms with Gasteiger partial charge in [0.15, 0.2) is 0 Å². The predicted molar refractivity (Wildman–Crippen MR) is 55.3 cm³/mol. The summed E-state index contributed by atoms with van der Waals surface area (Å²) in [6.07, 6.45) is 0. The molecule has 0 aromatic rings. The van der Waals surface area contributed by atoms with Crippen LogP contribution in [0.25, 0.3) is 0 Å². The molecule has 0 radical (unpaired) electrons. The van der Waals surface area contributed by atoms with E-state index in [0.29, 0.717) is 0 Å². The Kier molecular flexibility index (Phi) is 10.7. The Morgan fingerprint density at radius 3 is 2.38 bits per heavy atom. The molecule has 1 fully saturated rings. The third-order valence-corrected chi connectivity index (χ3v) is 1.83. The van der Waals surface area contributed by atoms with Gasteiger partial charge < -0.3 is 14.8 Å². The van der Waals surface area contributed by atoms with Gasteiger partial charge in [0.1, 0.15) is 0 Å². The zero-order valence-corrected chi connectivity index (χ0v) is 9.49. The molecular formula is C6H17ClN3O2S-. The van der Waals surface area contributed by atoms with E-state index in [0.717, 1.165) is 19.1 Å². The molecule has 1 saturated heterocycles. The highest BCUT2D eigenvalue weighted by molar-refractivity contribution is 7.76. The number of hydrogen-bond donors (Lipinski definition) is 2. The summed E-state index contributed by atoms with van der Waals surface area (Å²) < 4.78 is 17.6. The number of nitrogens with one attached hydrogen (secondary N) is 1. The predicted octanol–water partition coefficient (Wildman–Crippen LogP) is -0.929. The Morgan fingerprint density at radius 1 is 1.69 bits per heavy atom. The van der Waals surface area contributed by atoms with Crippen LogP contribution in [0.3, 0.4) is 0 Å². The van der Waals surface area contributed by atoms with Gasteiger partial charge in [-0.1, -0.05) is 0 Å². The lowest BCUT2D eigenvalue weighted by molar-refractivity contribution is 0.215. The van der Waals surface area contributed by atoms with Crippen LogP contribution in [0.2, 0.25) is 0 Å². The minimum absolute atomic E-state index is 0.